The molecule has 1 aromatic heterocycles. The maximum absolute atomic E-state index is 8.63. The average Bonchev–Trinajstić information content (AvgIpc) is 2.74. The van der Waals surface area contributed by atoms with Gasteiger partial charge in [0, 0.05) is 22.0 Å². The summed E-state index contributed by atoms with van der Waals surface area (Å²) in [7, 11) is 1.77. The number of nitrogens with two attached hydrogens (primary N) is 1. The summed E-state index contributed by atoms with van der Waals surface area (Å²) in [4.78, 5) is 0.939. The number of benzene rings is 1. The summed E-state index contributed by atoms with van der Waals surface area (Å²) in [5.41, 5.74) is 6.16. The predicted octanol–water partition coefficient (Wildman–Crippen LogP) is 1.22. The molecule has 0 spiro atoms. The molecular formula is C9H9BrN6OS. The van der Waals surface area contributed by atoms with Crippen molar-refractivity contribution < 1.29 is 5.21 Å². The quantitative estimate of drug-likeness (QED) is 0.380. The van der Waals surface area contributed by atoms with Crippen molar-refractivity contribution in [1.29, 1.82) is 0 Å². The molecule has 18 heavy (non-hydrogen) atoms. The molecule has 0 aliphatic heterocycles. The summed E-state index contributed by atoms with van der Waals surface area (Å²) in [6, 6.07) is 5.45. The topological polar surface area (TPSA) is 102 Å². The van der Waals surface area contributed by atoms with Gasteiger partial charge in [0.15, 0.2) is 5.84 Å². The molecule has 0 fully saturated rings. The van der Waals surface area contributed by atoms with E-state index in [-0.39, 0.29) is 5.84 Å². The maximum Gasteiger partial charge on any atom is 0.213 e. The van der Waals surface area contributed by atoms with Crippen molar-refractivity contribution in [1.82, 2.24) is 20.2 Å². The lowest BCUT2D eigenvalue weighted by Gasteiger charge is -2.05. The fourth-order valence-electron chi connectivity index (χ4n) is 1.23. The van der Waals surface area contributed by atoms with Gasteiger partial charge in [0.05, 0.1) is 0 Å². The second kappa shape index (κ2) is 5.36. The highest BCUT2D eigenvalue weighted by Gasteiger charge is 2.09. The highest BCUT2D eigenvalue weighted by Crippen LogP contribution is 2.29. The Labute approximate surface area is 115 Å². The minimum Gasteiger partial charge on any atom is -0.409 e. The van der Waals surface area contributed by atoms with Crippen LogP contribution in [-0.2, 0) is 7.05 Å². The van der Waals surface area contributed by atoms with E-state index >= 15 is 0 Å². The van der Waals surface area contributed by atoms with Crippen molar-refractivity contribution in [2.24, 2.45) is 17.9 Å². The van der Waals surface area contributed by atoms with E-state index in [1.807, 2.05) is 12.1 Å². The second-order valence-corrected chi connectivity index (χ2v) is 5.21. The molecule has 3 N–H and O–H groups in total. The number of aromatic nitrogens is 4. The summed E-state index contributed by atoms with van der Waals surface area (Å²) in [6.07, 6.45) is 0. The molecule has 0 radical (unpaired) electrons. The molecule has 0 saturated carbocycles. The Bertz CT molecular complexity index is 598. The van der Waals surface area contributed by atoms with Gasteiger partial charge in [0.1, 0.15) is 0 Å². The Hall–Kier alpha value is -1.61. The molecule has 0 aliphatic carbocycles. The number of aryl methyl sites for hydroxylation is 1. The third-order valence-corrected chi connectivity index (χ3v) is 3.79. The van der Waals surface area contributed by atoms with E-state index in [2.05, 4.69) is 36.6 Å². The van der Waals surface area contributed by atoms with Crippen molar-refractivity contribution in [3.05, 3.63) is 28.2 Å². The van der Waals surface area contributed by atoms with Crippen LogP contribution in [0.3, 0.4) is 0 Å². The van der Waals surface area contributed by atoms with Crippen LogP contribution >= 0.6 is 27.7 Å². The maximum atomic E-state index is 8.63. The lowest BCUT2D eigenvalue weighted by Crippen LogP contribution is -2.13. The Kier molecular flexibility index (Phi) is 3.82. The van der Waals surface area contributed by atoms with Gasteiger partial charge in [0.2, 0.25) is 5.16 Å². The van der Waals surface area contributed by atoms with Crippen LogP contribution in [0.5, 0.6) is 0 Å². The Morgan fingerprint density at radius 3 is 2.89 bits per heavy atom. The smallest absolute Gasteiger partial charge is 0.213 e. The van der Waals surface area contributed by atoms with Gasteiger partial charge in [-0.2, -0.15) is 0 Å². The third-order valence-electron chi connectivity index (χ3n) is 2.11. The molecule has 0 aliphatic rings. The van der Waals surface area contributed by atoms with E-state index in [1.165, 1.54) is 11.8 Å². The van der Waals surface area contributed by atoms with Crippen LogP contribution in [0.15, 0.2) is 37.9 Å². The first-order valence-corrected chi connectivity index (χ1v) is 6.40. The second-order valence-electron chi connectivity index (χ2n) is 3.31. The minimum absolute atomic E-state index is 0.0544. The van der Waals surface area contributed by atoms with Crippen molar-refractivity contribution in [2.75, 3.05) is 0 Å². The number of rotatable bonds is 3. The van der Waals surface area contributed by atoms with Crippen molar-refractivity contribution in [3.63, 3.8) is 0 Å². The first-order valence-electron chi connectivity index (χ1n) is 4.79. The third kappa shape index (κ3) is 2.62. The molecule has 0 unspecified atom stereocenters. The first-order chi connectivity index (χ1) is 8.61. The molecule has 0 amide bonds. The highest BCUT2D eigenvalue weighted by molar-refractivity contribution is 9.10. The standard InChI is InChI=1S/C9H9BrN6OS/c1-16-9(12-14-15-16)18-5-2-3-6(7(10)4-5)8(11)13-17/h2-4,17H,1H3,(H2,11,13). The number of halogens is 1. The van der Waals surface area contributed by atoms with Crippen LogP contribution in [0.25, 0.3) is 0 Å². The Morgan fingerprint density at radius 1 is 1.56 bits per heavy atom. The van der Waals surface area contributed by atoms with Gasteiger partial charge in [0.25, 0.3) is 0 Å². The molecule has 7 nitrogen and oxygen atoms in total. The molecule has 2 rings (SSSR count). The molecular weight excluding hydrogens is 320 g/mol. The summed E-state index contributed by atoms with van der Waals surface area (Å²) in [6.45, 7) is 0. The lowest BCUT2D eigenvalue weighted by molar-refractivity contribution is 0.318. The SMILES string of the molecule is Cn1nnnc1Sc1ccc(/C(N)=N/O)c(Br)c1. The fraction of sp³-hybridized carbons (Fsp3) is 0.111. The fourth-order valence-corrected chi connectivity index (χ4v) is 2.74. The van der Waals surface area contributed by atoms with Crippen LogP contribution in [-0.4, -0.2) is 31.3 Å². The van der Waals surface area contributed by atoms with Gasteiger partial charge < -0.3 is 10.9 Å². The molecule has 94 valence electrons. The van der Waals surface area contributed by atoms with E-state index < -0.39 is 0 Å². The molecule has 0 saturated heterocycles. The molecule has 0 atom stereocenters. The highest BCUT2D eigenvalue weighted by atomic mass is 79.9. The Morgan fingerprint density at radius 2 is 2.33 bits per heavy atom. The molecule has 9 heteroatoms. The van der Waals surface area contributed by atoms with Crippen molar-refractivity contribution in [3.8, 4) is 0 Å². The monoisotopic (exact) mass is 328 g/mol. The predicted molar refractivity (Wildman–Crippen MR) is 69.6 cm³/mol. The van der Waals surface area contributed by atoms with E-state index in [1.54, 1.807) is 17.8 Å². The number of nitrogens with zero attached hydrogens (tertiary/aromatic N) is 5. The van der Waals surface area contributed by atoms with Crippen LogP contribution in [0.4, 0.5) is 0 Å². The van der Waals surface area contributed by atoms with Crippen LogP contribution in [0.1, 0.15) is 5.56 Å². The number of amidine groups is 1. The van der Waals surface area contributed by atoms with Gasteiger partial charge in [-0.15, -0.1) is 5.10 Å². The van der Waals surface area contributed by atoms with Gasteiger partial charge in [-0.1, -0.05) is 5.16 Å². The number of hydrogen-bond donors (Lipinski definition) is 2. The molecule has 1 aromatic carbocycles. The summed E-state index contributed by atoms with van der Waals surface area (Å²) < 4.78 is 2.31. The van der Waals surface area contributed by atoms with Crippen molar-refractivity contribution in [2.45, 2.75) is 10.1 Å². The first kappa shape index (κ1) is 12.8. The number of hydrogen-bond acceptors (Lipinski definition) is 6. The van der Waals surface area contributed by atoms with E-state index in [4.69, 9.17) is 10.9 Å². The number of tetrazole rings is 1. The van der Waals surface area contributed by atoms with Crippen LogP contribution < -0.4 is 5.73 Å². The minimum atomic E-state index is 0.0544. The zero-order chi connectivity index (χ0) is 13.1. The zero-order valence-corrected chi connectivity index (χ0v) is 11.7. The summed E-state index contributed by atoms with van der Waals surface area (Å²) >= 11 is 4.78. The van der Waals surface area contributed by atoms with Gasteiger partial charge in [-0.05, 0) is 56.3 Å². The van der Waals surface area contributed by atoms with Crippen molar-refractivity contribution >= 4 is 33.5 Å². The number of oxime groups is 1. The normalized spacial score (nSPS) is 11.8. The zero-order valence-electron chi connectivity index (χ0n) is 9.28. The molecule has 0 bridgehead atoms. The largest absolute Gasteiger partial charge is 0.409 e. The van der Waals surface area contributed by atoms with Gasteiger partial charge >= 0.3 is 0 Å². The Balaban J connectivity index is 2.27. The summed E-state index contributed by atoms with van der Waals surface area (Å²) in [5, 5.41) is 23.5. The van der Waals surface area contributed by atoms with Gasteiger partial charge in [-0.3, -0.25) is 0 Å². The lowest BCUT2D eigenvalue weighted by atomic mass is 10.2. The van der Waals surface area contributed by atoms with Gasteiger partial charge in [-0.25, -0.2) is 4.68 Å². The molecule has 2 aromatic rings. The average molecular weight is 329 g/mol. The van der Waals surface area contributed by atoms with E-state index in [9.17, 15) is 0 Å². The summed E-state index contributed by atoms with van der Waals surface area (Å²) in [5.74, 6) is 0.0544. The van der Waals surface area contributed by atoms with Crippen LogP contribution in [0.2, 0.25) is 0 Å². The van der Waals surface area contributed by atoms with E-state index in [0.717, 1.165) is 9.37 Å². The van der Waals surface area contributed by atoms with Crippen LogP contribution in [0, 0.1) is 0 Å². The molecule has 1 heterocycles. The van der Waals surface area contributed by atoms with E-state index in [0.29, 0.717) is 10.7 Å².